The third kappa shape index (κ3) is 4.56. The third-order valence-corrected chi connectivity index (χ3v) is 2.21. The number of nitrogens with zero attached hydrogens (tertiary/aromatic N) is 2. The summed E-state index contributed by atoms with van der Waals surface area (Å²) in [6, 6.07) is 0. The predicted octanol–water partition coefficient (Wildman–Crippen LogP) is 3.09. The highest BCUT2D eigenvalue weighted by molar-refractivity contribution is 9.10. The van der Waals surface area contributed by atoms with Gasteiger partial charge in [-0.2, -0.15) is 0 Å². The molecule has 1 aromatic heterocycles. The molecule has 0 aliphatic heterocycles. The van der Waals surface area contributed by atoms with Crippen molar-refractivity contribution < 1.29 is 0 Å². The van der Waals surface area contributed by atoms with E-state index in [1.54, 1.807) is 12.4 Å². The molecule has 0 atom stereocenters. The molecule has 0 aromatic carbocycles. The van der Waals surface area contributed by atoms with Gasteiger partial charge in [-0.1, -0.05) is 20.8 Å². The molecule has 78 valence electrons. The Bertz CT molecular complexity index is 276. The van der Waals surface area contributed by atoms with E-state index >= 15 is 0 Å². The highest BCUT2D eigenvalue weighted by Gasteiger charge is 2.08. The molecule has 0 bridgehead atoms. The molecule has 1 aromatic rings. The zero-order valence-electron chi connectivity index (χ0n) is 8.84. The second-order valence-electron chi connectivity index (χ2n) is 4.46. The second-order valence-corrected chi connectivity index (χ2v) is 5.27. The molecule has 3 nitrogen and oxygen atoms in total. The number of nitrogens with one attached hydrogen (secondary N) is 1. The van der Waals surface area contributed by atoms with E-state index in [0.717, 1.165) is 23.4 Å². The van der Waals surface area contributed by atoms with Gasteiger partial charge in [0.1, 0.15) is 10.4 Å². The van der Waals surface area contributed by atoms with Crippen LogP contribution < -0.4 is 5.32 Å². The van der Waals surface area contributed by atoms with Gasteiger partial charge in [-0.15, -0.1) is 0 Å². The van der Waals surface area contributed by atoms with E-state index in [9.17, 15) is 0 Å². The van der Waals surface area contributed by atoms with Crippen molar-refractivity contribution in [2.45, 2.75) is 27.2 Å². The standard InChI is InChI=1S/C10H16BrN3/c1-10(2,3)4-5-12-9-7-13-8(11)6-14-9/h6-7H,4-5H2,1-3H3,(H,12,14). The van der Waals surface area contributed by atoms with Gasteiger partial charge in [-0.25, -0.2) is 9.97 Å². The van der Waals surface area contributed by atoms with Crippen molar-refractivity contribution in [2.24, 2.45) is 5.41 Å². The zero-order valence-corrected chi connectivity index (χ0v) is 10.4. The first-order valence-corrected chi connectivity index (χ1v) is 5.48. The summed E-state index contributed by atoms with van der Waals surface area (Å²) in [7, 11) is 0. The van der Waals surface area contributed by atoms with E-state index < -0.39 is 0 Å². The Morgan fingerprint density at radius 2 is 2.00 bits per heavy atom. The van der Waals surface area contributed by atoms with Crippen molar-refractivity contribution in [1.82, 2.24) is 9.97 Å². The van der Waals surface area contributed by atoms with Crippen molar-refractivity contribution in [3.05, 3.63) is 17.0 Å². The number of hydrogen-bond donors (Lipinski definition) is 1. The van der Waals surface area contributed by atoms with Crippen LogP contribution in [-0.4, -0.2) is 16.5 Å². The van der Waals surface area contributed by atoms with Gasteiger partial charge >= 0.3 is 0 Å². The molecule has 1 N–H and O–H groups in total. The quantitative estimate of drug-likeness (QED) is 0.905. The Kier molecular flexibility index (Phi) is 3.86. The maximum absolute atomic E-state index is 4.18. The molecule has 0 aliphatic rings. The fourth-order valence-electron chi connectivity index (χ4n) is 0.969. The van der Waals surface area contributed by atoms with E-state index in [-0.39, 0.29) is 0 Å². The molecule has 0 fully saturated rings. The number of halogens is 1. The SMILES string of the molecule is CC(C)(C)CCNc1cnc(Br)cn1. The molecule has 4 heteroatoms. The number of anilines is 1. The van der Waals surface area contributed by atoms with Crippen LogP contribution >= 0.6 is 15.9 Å². The molecule has 0 amide bonds. The van der Waals surface area contributed by atoms with E-state index in [1.165, 1.54) is 0 Å². The molecule has 0 saturated carbocycles. The number of rotatable bonds is 3. The smallest absolute Gasteiger partial charge is 0.144 e. The van der Waals surface area contributed by atoms with E-state index in [2.05, 4.69) is 52.0 Å². The minimum absolute atomic E-state index is 0.357. The highest BCUT2D eigenvalue weighted by Crippen LogP contribution is 2.18. The maximum atomic E-state index is 4.18. The van der Waals surface area contributed by atoms with Crippen LogP contribution in [-0.2, 0) is 0 Å². The normalized spacial score (nSPS) is 11.4. The lowest BCUT2D eigenvalue weighted by molar-refractivity contribution is 0.389. The van der Waals surface area contributed by atoms with Gasteiger partial charge in [0.05, 0.1) is 12.4 Å². The molecule has 0 saturated heterocycles. The molecule has 1 heterocycles. The minimum Gasteiger partial charge on any atom is -0.369 e. The van der Waals surface area contributed by atoms with E-state index in [0.29, 0.717) is 5.41 Å². The Balaban J connectivity index is 2.35. The van der Waals surface area contributed by atoms with Crippen LogP contribution in [0.3, 0.4) is 0 Å². The van der Waals surface area contributed by atoms with Crippen molar-refractivity contribution in [3.63, 3.8) is 0 Å². The van der Waals surface area contributed by atoms with Gasteiger partial charge in [-0.05, 0) is 27.8 Å². The molecular weight excluding hydrogens is 242 g/mol. The Labute approximate surface area is 93.5 Å². The Morgan fingerprint density at radius 3 is 2.50 bits per heavy atom. The van der Waals surface area contributed by atoms with E-state index in [4.69, 9.17) is 0 Å². The summed E-state index contributed by atoms with van der Waals surface area (Å²) >= 11 is 3.24. The van der Waals surface area contributed by atoms with Crippen molar-refractivity contribution >= 4 is 21.7 Å². The molecular formula is C10H16BrN3. The predicted molar refractivity (Wildman–Crippen MR) is 62.3 cm³/mol. The molecule has 0 aliphatic carbocycles. The van der Waals surface area contributed by atoms with Crippen molar-refractivity contribution in [1.29, 1.82) is 0 Å². The maximum Gasteiger partial charge on any atom is 0.144 e. The lowest BCUT2D eigenvalue weighted by Crippen LogP contribution is -2.13. The molecule has 1 rings (SSSR count). The second kappa shape index (κ2) is 4.73. The van der Waals surface area contributed by atoms with Crippen LogP contribution in [0.1, 0.15) is 27.2 Å². The first-order chi connectivity index (χ1) is 6.47. The number of aromatic nitrogens is 2. The third-order valence-electron chi connectivity index (χ3n) is 1.80. The lowest BCUT2D eigenvalue weighted by atomic mass is 9.92. The van der Waals surface area contributed by atoms with Crippen LogP contribution in [0.5, 0.6) is 0 Å². The fourth-order valence-corrected chi connectivity index (χ4v) is 1.17. The lowest BCUT2D eigenvalue weighted by Gasteiger charge is -2.18. The van der Waals surface area contributed by atoms with Gasteiger partial charge in [0.2, 0.25) is 0 Å². The zero-order chi connectivity index (χ0) is 10.6. The molecule has 14 heavy (non-hydrogen) atoms. The first kappa shape index (κ1) is 11.4. The monoisotopic (exact) mass is 257 g/mol. The number of hydrogen-bond acceptors (Lipinski definition) is 3. The van der Waals surface area contributed by atoms with E-state index in [1.807, 2.05) is 0 Å². The Morgan fingerprint density at radius 1 is 1.29 bits per heavy atom. The minimum atomic E-state index is 0.357. The van der Waals surface area contributed by atoms with Crippen LogP contribution in [0.15, 0.2) is 17.0 Å². The van der Waals surface area contributed by atoms with Crippen LogP contribution in [0.25, 0.3) is 0 Å². The van der Waals surface area contributed by atoms with Gasteiger partial charge in [0.15, 0.2) is 0 Å². The van der Waals surface area contributed by atoms with Crippen LogP contribution in [0, 0.1) is 5.41 Å². The Hall–Kier alpha value is -0.640. The van der Waals surface area contributed by atoms with Crippen molar-refractivity contribution in [2.75, 3.05) is 11.9 Å². The van der Waals surface area contributed by atoms with Crippen molar-refractivity contribution in [3.8, 4) is 0 Å². The topological polar surface area (TPSA) is 37.8 Å². The first-order valence-electron chi connectivity index (χ1n) is 4.69. The molecule has 0 radical (unpaired) electrons. The van der Waals surface area contributed by atoms with Gasteiger partial charge < -0.3 is 5.32 Å². The van der Waals surface area contributed by atoms with Gasteiger partial charge in [-0.3, -0.25) is 0 Å². The van der Waals surface area contributed by atoms with Gasteiger partial charge in [0.25, 0.3) is 0 Å². The summed E-state index contributed by atoms with van der Waals surface area (Å²) in [6.45, 7) is 7.60. The van der Waals surface area contributed by atoms with Gasteiger partial charge in [0, 0.05) is 6.54 Å². The molecule has 0 spiro atoms. The highest BCUT2D eigenvalue weighted by atomic mass is 79.9. The summed E-state index contributed by atoms with van der Waals surface area (Å²) < 4.78 is 0.763. The van der Waals surface area contributed by atoms with Crippen LogP contribution in [0.2, 0.25) is 0 Å². The largest absolute Gasteiger partial charge is 0.369 e. The average Bonchev–Trinajstić information content (AvgIpc) is 2.06. The summed E-state index contributed by atoms with van der Waals surface area (Å²) in [5, 5.41) is 3.23. The fraction of sp³-hybridized carbons (Fsp3) is 0.600. The van der Waals surface area contributed by atoms with Crippen LogP contribution in [0.4, 0.5) is 5.82 Å². The average molecular weight is 258 g/mol. The summed E-state index contributed by atoms with van der Waals surface area (Å²) in [6.07, 6.45) is 4.54. The summed E-state index contributed by atoms with van der Waals surface area (Å²) in [5.74, 6) is 0.831. The molecule has 0 unspecified atom stereocenters. The summed E-state index contributed by atoms with van der Waals surface area (Å²) in [5.41, 5.74) is 0.357. The summed E-state index contributed by atoms with van der Waals surface area (Å²) in [4.78, 5) is 8.26.